The van der Waals surface area contributed by atoms with E-state index in [1.807, 2.05) is 0 Å². The number of allylic oxidation sites excluding steroid dienone is 20. The van der Waals surface area contributed by atoms with Crippen molar-refractivity contribution in [3.8, 4) is 0 Å². The average molecular weight is 1150 g/mol. The minimum absolute atomic E-state index is 0.0897. The molecule has 0 aromatic heterocycles. The van der Waals surface area contributed by atoms with E-state index in [1.54, 1.807) is 0 Å². The maximum atomic E-state index is 12.9. The summed E-state index contributed by atoms with van der Waals surface area (Å²) in [7, 11) is 0. The lowest BCUT2D eigenvalue weighted by atomic mass is 10.0. The Kier molecular flexibility index (Phi) is 66.7. The van der Waals surface area contributed by atoms with Gasteiger partial charge in [0.2, 0.25) is 0 Å². The first-order valence-corrected chi connectivity index (χ1v) is 35.0. The van der Waals surface area contributed by atoms with Gasteiger partial charge in [0.1, 0.15) is 13.2 Å². The highest BCUT2D eigenvalue weighted by molar-refractivity contribution is 5.71. The van der Waals surface area contributed by atoms with Crippen molar-refractivity contribution in [3.05, 3.63) is 122 Å². The maximum Gasteiger partial charge on any atom is 0.306 e. The summed E-state index contributed by atoms with van der Waals surface area (Å²) in [5, 5.41) is 0. The van der Waals surface area contributed by atoms with Gasteiger partial charge in [-0.2, -0.15) is 0 Å². The van der Waals surface area contributed by atoms with Crippen LogP contribution in [0.4, 0.5) is 0 Å². The maximum absolute atomic E-state index is 12.9. The second-order valence-electron chi connectivity index (χ2n) is 23.0. The third kappa shape index (κ3) is 68.5. The molecule has 0 aromatic carbocycles. The zero-order valence-corrected chi connectivity index (χ0v) is 54.4. The fraction of sp³-hybridized carbons (Fsp3) is 0.701. The van der Waals surface area contributed by atoms with Crippen LogP contribution in [0, 0.1) is 0 Å². The molecule has 0 aromatic rings. The van der Waals surface area contributed by atoms with Crippen LogP contribution in [-0.2, 0) is 28.6 Å². The molecule has 474 valence electrons. The van der Waals surface area contributed by atoms with E-state index in [0.717, 1.165) is 135 Å². The number of esters is 3. The summed E-state index contributed by atoms with van der Waals surface area (Å²) >= 11 is 0. The van der Waals surface area contributed by atoms with Crippen LogP contribution in [-0.4, -0.2) is 37.2 Å². The van der Waals surface area contributed by atoms with E-state index in [2.05, 4.69) is 142 Å². The molecule has 0 saturated heterocycles. The van der Waals surface area contributed by atoms with Gasteiger partial charge >= 0.3 is 17.9 Å². The summed E-state index contributed by atoms with van der Waals surface area (Å²) in [5.41, 5.74) is 0. The van der Waals surface area contributed by atoms with Crippen molar-refractivity contribution < 1.29 is 28.6 Å². The lowest BCUT2D eigenvalue weighted by Gasteiger charge is -2.18. The predicted molar refractivity (Wildman–Crippen MR) is 362 cm³/mol. The molecule has 0 aliphatic carbocycles. The number of carbonyl (C=O) groups excluding carboxylic acids is 3. The van der Waals surface area contributed by atoms with Crippen molar-refractivity contribution in [2.24, 2.45) is 0 Å². The number of unbranched alkanes of at least 4 members (excludes halogenated alkanes) is 32. The molecule has 1 unspecified atom stereocenters. The molecule has 0 rings (SSSR count). The monoisotopic (exact) mass is 1150 g/mol. The molecule has 83 heavy (non-hydrogen) atoms. The first kappa shape index (κ1) is 78.8. The normalized spacial score (nSPS) is 12.9. The summed E-state index contributed by atoms with van der Waals surface area (Å²) in [5.74, 6) is -0.911. The van der Waals surface area contributed by atoms with Crippen LogP contribution in [0.5, 0.6) is 0 Å². The van der Waals surface area contributed by atoms with Gasteiger partial charge in [0.15, 0.2) is 6.10 Å². The van der Waals surface area contributed by atoms with Crippen molar-refractivity contribution in [2.45, 2.75) is 335 Å². The zero-order valence-electron chi connectivity index (χ0n) is 54.4. The van der Waals surface area contributed by atoms with Crippen molar-refractivity contribution in [1.82, 2.24) is 0 Å². The van der Waals surface area contributed by atoms with Crippen molar-refractivity contribution in [2.75, 3.05) is 13.2 Å². The molecule has 0 heterocycles. The van der Waals surface area contributed by atoms with Crippen LogP contribution in [0.3, 0.4) is 0 Å². The van der Waals surface area contributed by atoms with E-state index in [4.69, 9.17) is 14.2 Å². The third-order valence-electron chi connectivity index (χ3n) is 14.9. The molecule has 0 spiro atoms. The summed E-state index contributed by atoms with van der Waals surface area (Å²) in [6.45, 7) is 6.41. The van der Waals surface area contributed by atoms with E-state index in [-0.39, 0.29) is 31.1 Å². The summed E-state index contributed by atoms with van der Waals surface area (Å²) in [6, 6.07) is 0. The number of ether oxygens (including phenoxy) is 3. The fourth-order valence-electron chi connectivity index (χ4n) is 9.75. The summed E-state index contributed by atoms with van der Waals surface area (Å²) < 4.78 is 16.9. The minimum Gasteiger partial charge on any atom is -0.462 e. The molecule has 1 atom stereocenters. The standard InChI is InChI=1S/C77H130O6/c1-4-7-10-13-16-19-22-25-28-30-31-32-33-34-35-36-37-38-39-40-41-42-43-44-45-47-49-52-55-58-61-64-67-70-76(79)82-73-74(72-81-75(78)69-66-63-60-57-54-51-48-27-24-21-18-15-12-9-6-3)83-77(80)71-68-65-62-59-56-53-50-46-29-26-23-20-17-14-11-8-5-2/h7-8,10-11,16-17,19-20,25-29,31-32,34-35,48,50,53,74H,4-6,9,12-15,18,21-24,30,33,36-47,49,51-52,54-73H2,1-3H3/b10-7-,11-8-,19-16-,20-17-,28-25-,29-26-,32-31-,35-34-,48-27-,53-50-. The highest BCUT2D eigenvalue weighted by Crippen LogP contribution is 2.17. The number of rotatable bonds is 63. The van der Waals surface area contributed by atoms with Gasteiger partial charge < -0.3 is 14.2 Å². The van der Waals surface area contributed by atoms with Crippen LogP contribution < -0.4 is 0 Å². The Balaban J connectivity index is 4.24. The SMILES string of the molecule is CC/C=C\C/C=C\C/C=C\C/C=C\C/C=C\CCCCCCCCCCCCCCCCCCCC(=O)OCC(COC(=O)CCCCCCC/C=C\CCCCCCCC)OC(=O)CCCCCC/C=C\C/C=C\C/C=C\C/C=C\CC. The molecule has 6 heteroatoms. The Morgan fingerprint density at radius 3 is 0.747 bits per heavy atom. The molecule has 0 aliphatic rings. The Bertz CT molecular complexity index is 1700. The smallest absolute Gasteiger partial charge is 0.306 e. The van der Waals surface area contributed by atoms with Crippen LogP contribution >= 0.6 is 0 Å². The van der Waals surface area contributed by atoms with E-state index >= 15 is 0 Å². The van der Waals surface area contributed by atoms with Crippen molar-refractivity contribution in [1.29, 1.82) is 0 Å². The van der Waals surface area contributed by atoms with Gasteiger partial charge in [-0.1, -0.05) is 303 Å². The van der Waals surface area contributed by atoms with Crippen LogP contribution in [0.15, 0.2) is 122 Å². The Morgan fingerprint density at radius 1 is 0.253 bits per heavy atom. The third-order valence-corrected chi connectivity index (χ3v) is 14.9. The van der Waals surface area contributed by atoms with Crippen LogP contribution in [0.2, 0.25) is 0 Å². The molecule has 0 N–H and O–H groups in total. The molecule has 0 amide bonds. The summed E-state index contributed by atoms with van der Waals surface area (Å²) in [6.07, 6.45) is 98.0. The molecule has 0 fully saturated rings. The first-order chi connectivity index (χ1) is 41.0. The van der Waals surface area contributed by atoms with Crippen molar-refractivity contribution in [3.63, 3.8) is 0 Å². The van der Waals surface area contributed by atoms with E-state index in [0.29, 0.717) is 19.3 Å². The number of hydrogen-bond donors (Lipinski definition) is 0. The highest BCUT2D eigenvalue weighted by atomic mass is 16.6. The quantitative estimate of drug-likeness (QED) is 0.0261. The summed E-state index contributed by atoms with van der Waals surface area (Å²) in [4.78, 5) is 38.4. The zero-order chi connectivity index (χ0) is 59.9. The predicted octanol–water partition coefficient (Wildman–Crippen LogP) is 24.3. The second-order valence-corrected chi connectivity index (χ2v) is 23.0. The molecule has 0 aliphatic heterocycles. The molecule has 0 radical (unpaired) electrons. The highest BCUT2D eigenvalue weighted by Gasteiger charge is 2.19. The van der Waals surface area contributed by atoms with E-state index in [1.165, 1.54) is 154 Å². The van der Waals surface area contributed by atoms with Gasteiger partial charge in [0.25, 0.3) is 0 Å². The topological polar surface area (TPSA) is 78.9 Å². The average Bonchev–Trinajstić information content (AvgIpc) is 3.49. The number of carbonyl (C=O) groups is 3. The second kappa shape index (κ2) is 70.3. The molecule has 6 nitrogen and oxygen atoms in total. The van der Waals surface area contributed by atoms with Gasteiger partial charge in [-0.3, -0.25) is 14.4 Å². The largest absolute Gasteiger partial charge is 0.462 e. The van der Waals surface area contributed by atoms with Gasteiger partial charge in [0.05, 0.1) is 0 Å². The van der Waals surface area contributed by atoms with Gasteiger partial charge in [0, 0.05) is 19.3 Å². The molecule has 0 bridgehead atoms. The molecular weight excluding hydrogens is 1020 g/mol. The van der Waals surface area contributed by atoms with Crippen molar-refractivity contribution >= 4 is 17.9 Å². The Morgan fingerprint density at radius 2 is 0.470 bits per heavy atom. The van der Waals surface area contributed by atoms with E-state index in [9.17, 15) is 14.4 Å². The minimum atomic E-state index is -0.797. The van der Waals surface area contributed by atoms with Gasteiger partial charge in [-0.05, 0) is 128 Å². The first-order valence-electron chi connectivity index (χ1n) is 35.0. The van der Waals surface area contributed by atoms with Crippen LogP contribution in [0.1, 0.15) is 329 Å². The Hall–Kier alpha value is -4.19. The molecule has 0 saturated carbocycles. The van der Waals surface area contributed by atoms with Gasteiger partial charge in [-0.15, -0.1) is 0 Å². The number of hydrogen-bond acceptors (Lipinski definition) is 6. The van der Waals surface area contributed by atoms with Gasteiger partial charge in [-0.25, -0.2) is 0 Å². The van der Waals surface area contributed by atoms with E-state index < -0.39 is 6.10 Å². The van der Waals surface area contributed by atoms with Crippen LogP contribution in [0.25, 0.3) is 0 Å². The molecular formula is C77H130O6. The lowest BCUT2D eigenvalue weighted by molar-refractivity contribution is -0.167. The fourth-order valence-corrected chi connectivity index (χ4v) is 9.75. The lowest BCUT2D eigenvalue weighted by Crippen LogP contribution is -2.30. The Labute approximate surface area is 513 Å².